The first-order valence-electron chi connectivity index (χ1n) is 10.6. The predicted octanol–water partition coefficient (Wildman–Crippen LogP) is 5.03. The van der Waals surface area contributed by atoms with Gasteiger partial charge in [0.15, 0.2) is 0 Å². The first-order valence-corrected chi connectivity index (χ1v) is 10.6. The van der Waals surface area contributed by atoms with Gasteiger partial charge in [-0.3, -0.25) is 9.59 Å². The Morgan fingerprint density at radius 3 is 2.06 bits per heavy atom. The summed E-state index contributed by atoms with van der Waals surface area (Å²) < 4.78 is 11.0. The highest BCUT2D eigenvalue weighted by atomic mass is 16.5. The Hall–Kier alpha value is -4.06. The lowest BCUT2D eigenvalue weighted by atomic mass is 10.0. The number of methoxy groups -OCH3 is 2. The van der Waals surface area contributed by atoms with E-state index in [1.165, 1.54) is 4.90 Å². The van der Waals surface area contributed by atoms with Crippen molar-refractivity contribution in [2.45, 2.75) is 20.8 Å². The van der Waals surface area contributed by atoms with Crippen LogP contribution in [0.5, 0.6) is 11.5 Å². The number of carbonyl (C=O) groups excluding carboxylic acids is 2. The lowest BCUT2D eigenvalue weighted by Gasteiger charge is -2.17. The van der Waals surface area contributed by atoms with Crippen LogP contribution < -0.4 is 19.7 Å². The van der Waals surface area contributed by atoms with Crippen LogP contribution in [0.2, 0.25) is 0 Å². The summed E-state index contributed by atoms with van der Waals surface area (Å²) in [5.74, 6) is 0.224. The van der Waals surface area contributed by atoms with Crippen LogP contribution in [0.3, 0.4) is 0 Å². The molecule has 1 aliphatic heterocycles. The van der Waals surface area contributed by atoms with Gasteiger partial charge in [0.2, 0.25) is 0 Å². The minimum atomic E-state index is -0.436. The van der Waals surface area contributed by atoms with E-state index in [9.17, 15) is 9.59 Å². The fraction of sp³-hybridized carbons (Fsp3) is 0.185. The summed E-state index contributed by atoms with van der Waals surface area (Å²) in [4.78, 5) is 28.7. The molecule has 0 aromatic heterocycles. The number of rotatable bonds is 6. The Bertz CT molecular complexity index is 1270. The maximum absolute atomic E-state index is 13.8. The van der Waals surface area contributed by atoms with Crippen LogP contribution in [0.1, 0.15) is 22.3 Å². The Labute approximate surface area is 193 Å². The van der Waals surface area contributed by atoms with Gasteiger partial charge in [-0.1, -0.05) is 30.3 Å². The number of benzene rings is 3. The van der Waals surface area contributed by atoms with E-state index in [-0.39, 0.29) is 11.3 Å². The number of nitrogens with zero attached hydrogens (tertiary/aromatic N) is 1. The van der Waals surface area contributed by atoms with E-state index in [1.807, 2.05) is 69.3 Å². The van der Waals surface area contributed by atoms with E-state index in [1.54, 1.807) is 26.4 Å². The molecular weight excluding hydrogens is 416 g/mol. The molecule has 4 rings (SSSR count). The minimum absolute atomic E-state index is 0.174. The molecule has 0 unspecified atom stereocenters. The molecule has 1 N–H and O–H groups in total. The lowest BCUT2D eigenvalue weighted by molar-refractivity contribution is -0.120. The van der Waals surface area contributed by atoms with Crippen molar-refractivity contribution in [3.8, 4) is 11.5 Å². The van der Waals surface area contributed by atoms with Crippen LogP contribution >= 0.6 is 0 Å². The van der Waals surface area contributed by atoms with E-state index < -0.39 is 11.8 Å². The third-order valence-electron chi connectivity index (χ3n) is 5.54. The van der Waals surface area contributed by atoms with Crippen molar-refractivity contribution >= 4 is 28.8 Å². The summed E-state index contributed by atoms with van der Waals surface area (Å²) in [6.45, 7) is 5.82. The van der Waals surface area contributed by atoms with Crippen molar-refractivity contribution in [1.29, 1.82) is 0 Å². The van der Waals surface area contributed by atoms with Crippen molar-refractivity contribution in [2.75, 3.05) is 24.4 Å². The number of hydrogen-bond donors (Lipinski definition) is 1. The first-order chi connectivity index (χ1) is 15.8. The van der Waals surface area contributed by atoms with Gasteiger partial charge in [-0.25, -0.2) is 4.90 Å². The molecule has 0 fully saturated rings. The van der Waals surface area contributed by atoms with Crippen LogP contribution in [0.25, 0.3) is 5.57 Å². The number of amides is 2. The van der Waals surface area contributed by atoms with Gasteiger partial charge < -0.3 is 14.8 Å². The second-order valence-electron chi connectivity index (χ2n) is 8.07. The standard InChI is InChI=1S/C27H26N2O4/c1-16-10-11-23(33-5)21(15-16)28-25-24(20-8-6-7-9-22(20)32-4)26(30)29(27(25)31)19-13-17(2)12-18(3)14-19/h6-15,28H,1-5H3. The van der Waals surface area contributed by atoms with Gasteiger partial charge in [-0.2, -0.15) is 0 Å². The normalized spacial score (nSPS) is 13.5. The zero-order chi connectivity index (χ0) is 23.7. The first kappa shape index (κ1) is 22.1. The molecule has 6 heteroatoms. The van der Waals surface area contributed by atoms with Crippen LogP contribution in [0.4, 0.5) is 11.4 Å². The summed E-state index contributed by atoms with van der Waals surface area (Å²) in [6.07, 6.45) is 0. The zero-order valence-electron chi connectivity index (χ0n) is 19.4. The molecule has 0 radical (unpaired) electrons. The van der Waals surface area contributed by atoms with Crippen LogP contribution in [-0.2, 0) is 9.59 Å². The summed E-state index contributed by atoms with van der Waals surface area (Å²) in [5.41, 5.74) is 5.01. The van der Waals surface area contributed by atoms with Crippen LogP contribution in [-0.4, -0.2) is 26.0 Å². The number of aryl methyl sites for hydroxylation is 3. The number of nitrogens with one attached hydrogen (secondary N) is 1. The molecule has 33 heavy (non-hydrogen) atoms. The highest BCUT2D eigenvalue weighted by Crippen LogP contribution is 2.39. The van der Waals surface area contributed by atoms with E-state index in [0.29, 0.717) is 28.4 Å². The zero-order valence-corrected chi connectivity index (χ0v) is 19.4. The second-order valence-corrected chi connectivity index (χ2v) is 8.07. The number of para-hydroxylation sites is 1. The highest BCUT2D eigenvalue weighted by molar-refractivity contribution is 6.46. The van der Waals surface area contributed by atoms with Crippen LogP contribution in [0.15, 0.2) is 66.4 Å². The summed E-state index contributed by atoms with van der Waals surface area (Å²) in [5, 5.41) is 3.20. The van der Waals surface area contributed by atoms with Gasteiger partial charge in [0.25, 0.3) is 11.8 Å². The molecule has 3 aromatic carbocycles. The molecule has 0 bridgehead atoms. The second kappa shape index (κ2) is 8.82. The maximum atomic E-state index is 13.8. The monoisotopic (exact) mass is 442 g/mol. The van der Waals surface area contributed by atoms with Crippen molar-refractivity contribution in [3.63, 3.8) is 0 Å². The van der Waals surface area contributed by atoms with Crippen molar-refractivity contribution in [2.24, 2.45) is 0 Å². The van der Waals surface area contributed by atoms with Crippen molar-refractivity contribution in [3.05, 3.63) is 88.6 Å². The van der Waals surface area contributed by atoms with Crippen LogP contribution in [0, 0.1) is 20.8 Å². The van der Waals surface area contributed by atoms with E-state index in [0.717, 1.165) is 16.7 Å². The fourth-order valence-electron chi connectivity index (χ4n) is 4.12. The van der Waals surface area contributed by atoms with Gasteiger partial charge in [0.05, 0.1) is 31.2 Å². The predicted molar refractivity (Wildman–Crippen MR) is 130 cm³/mol. The molecule has 3 aromatic rings. The number of carbonyl (C=O) groups is 2. The fourth-order valence-corrected chi connectivity index (χ4v) is 4.12. The number of anilines is 2. The minimum Gasteiger partial charge on any atom is -0.496 e. The molecular formula is C27H26N2O4. The molecule has 6 nitrogen and oxygen atoms in total. The molecule has 1 aliphatic rings. The summed E-state index contributed by atoms with van der Waals surface area (Å²) in [6, 6.07) is 18.5. The molecule has 0 spiro atoms. The SMILES string of the molecule is COc1ccc(C)cc1NC1=C(c2ccccc2OC)C(=O)N(c2cc(C)cc(C)c2)C1=O. The number of hydrogen-bond acceptors (Lipinski definition) is 5. The van der Waals surface area contributed by atoms with E-state index >= 15 is 0 Å². The van der Waals surface area contributed by atoms with Gasteiger partial charge in [0.1, 0.15) is 17.2 Å². The molecule has 0 aliphatic carbocycles. The molecule has 168 valence electrons. The number of ether oxygens (including phenoxy) is 2. The van der Waals surface area contributed by atoms with E-state index in [4.69, 9.17) is 9.47 Å². The van der Waals surface area contributed by atoms with Gasteiger partial charge in [-0.15, -0.1) is 0 Å². The smallest absolute Gasteiger partial charge is 0.282 e. The summed E-state index contributed by atoms with van der Waals surface area (Å²) >= 11 is 0. The Kier molecular flexibility index (Phi) is 5.92. The number of imide groups is 1. The lowest BCUT2D eigenvalue weighted by Crippen LogP contribution is -2.32. The third-order valence-corrected chi connectivity index (χ3v) is 5.54. The molecule has 0 atom stereocenters. The molecule has 2 amide bonds. The quantitative estimate of drug-likeness (QED) is 0.543. The Balaban J connectivity index is 1.91. The van der Waals surface area contributed by atoms with E-state index in [2.05, 4.69) is 5.32 Å². The van der Waals surface area contributed by atoms with Crippen molar-refractivity contribution < 1.29 is 19.1 Å². The Morgan fingerprint density at radius 1 is 0.727 bits per heavy atom. The average Bonchev–Trinajstić information content (AvgIpc) is 3.02. The molecule has 0 saturated heterocycles. The molecule has 0 saturated carbocycles. The largest absolute Gasteiger partial charge is 0.496 e. The van der Waals surface area contributed by atoms with Gasteiger partial charge in [-0.05, 0) is 67.8 Å². The maximum Gasteiger partial charge on any atom is 0.282 e. The van der Waals surface area contributed by atoms with Gasteiger partial charge in [0, 0.05) is 5.56 Å². The Morgan fingerprint density at radius 2 is 1.39 bits per heavy atom. The van der Waals surface area contributed by atoms with Gasteiger partial charge >= 0.3 is 0 Å². The third kappa shape index (κ3) is 4.07. The highest BCUT2D eigenvalue weighted by Gasteiger charge is 2.41. The van der Waals surface area contributed by atoms with Crippen molar-refractivity contribution in [1.82, 2.24) is 0 Å². The topological polar surface area (TPSA) is 67.9 Å². The molecule has 1 heterocycles. The summed E-state index contributed by atoms with van der Waals surface area (Å²) in [7, 11) is 3.10. The average molecular weight is 443 g/mol.